The molecule has 3 N–H and O–H groups in total. The lowest BCUT2D eigenvalue weighted by atomic mass is 10.0. The lowest BCUT2D eigenvalue weighted by Crippen LogP contribution is -2.30. The van der Waals surface area contributed by atoms with Crippen molar-refractivity contribution in [3.05, 3.63) is 52.9 Å². The van der Waals surface area contributed by atoms with Crippen molar-refractivity contribution in [3.8, 4) is 5.88 Å². The second-order valence-corrected chi connectivity index (χ2v) is 4.37. The van der Waals surface area contributed by atoms with Gasteiger partial charge in [0.1, 0.15) is 5.69 Å². The number of hydrazine groups is 1. The number of ether oxygens (including phenoxy) is 1. The van der Waals surface area contributed by atoms with Crippen molar-refractivity contribution >= 4 is 11.6 Å². The Balaban J connectivity index is 2.28. The van der Waals surface area contributed by atoms with E-state index in [9.17, 15) is 0 Å². The Hall–Kier alpha value is -1.69. The number of methoxy groups -OCH3 is 1. The number of nitrogens with one attached hydrogen (secondary N) is 1. The molecule has 1 atom stereocenters. The number of hydrogen-bond acceptors (Lipinski definition) is 5. The number of halogens is 1. The molecule has 1 heterocycles. The Morgan fingerprint density at radius 3 is 2.74 bits per heavy atom. The van der Waals surface area contributed by atoms with Gasteiger partial charge in [0.25, 0.3) is 0 Å². The molecule has 0 radical (unpaired) electrons. The van der Waals surface area contributed by atoms with Gasteiger partial charge in [-0.1, -0.05) is 29.8 Å². The van der Waals surface area contributed by atoms with Crippen LogP contribution in [0.3, 0.4) is 0 Å². The molecule has 0 aliphatic carbocycles. The highest BCUT2D eigenvalue weighted by Crippen LogP contribution is 2.25. The molecular weight excluding hydrogens is 264 g/mol. The number of rotatable bonds is 5. The van der Waals surface area contributed by atoms with Gasteiger partial charge in [0, 0.05) is 17.4 Å². The molecule has 0 saturated heterocycles. The van der Waals surface area contributed by atoms with Crippen LogP contribution < -0.4 is 16.0 Å². The maximum absolute atomic E-state index is 6.15. The first-order valence-corrected chi connectivity index (χ1v) is 6.18. The lowest BCUT2D eigenvalue weighted by Gasteiger charge is -2.17. The van der Waals surface area contributed by atoms with Crippen LogP contribution in [-0.2, 0) is 6.42 Å². The van der Waals surface area contributed by atoms with Gasteiger partial charge in [-0.2, -0.15) is 0 Å². The molecule has 0 saturated carbocycles. The molecule has 6 heteroatoms. The summed E-state index contributed by atoms with van der Waals surface area (Å²) in [7, 11) is 1.55. The fourth-order valence-corrected chi connectivity index (χ4v) is 2.06. The summed E-state index contributed by atoms with van der Waals surface area (Å²) in [6.07, 6.45) is 3.78. The third-order valence-corrected chi connectivity index (χ3v) is 3.17. The van der Waals surface area contributed by atoms with E-state index in [0.717, 1.165) is 5.56 Å². The van der Waals surface area contributed by atoms with Gasteiger partial charge >= 0.3 is 0 Å². The lowest BCUT2D eigenvalue weighted by molar-refractivity contribution is 0.377. The molecule has 1 aromatic heterocycles. The summed E-state index contributed by atoms with van der Waals surface area (Å²) in [4.78, 5) is 8.39. The van der Waals surface area contributed by atoms with E-state index < -0.39 is 0 Å². The summed E-state index contributed by atoms with van der Waals surface area (Å²) < 4.78 is 5.19. The highest BCUT2D eigenvalue weighted by atomic mass is 35.5. The van der Waals surface area contributed by atoms with E-state index in [-0.39, 0.29) is 6.04 Å². The Bertz CT molecular complexity index is 550. The second kappa shape index (κ2) is 6.47. The number of hydrogen-bond donors (Lipinski definition) is 2. The molecule has 2 rings (SSSR count). The van der Waals surface area contributed by atoms with E-state index in [2.05, 4.69) is 15.4 Å². The van der Waals surface area contributed by atoms with Gasteiger partial charge in [-0.05, 0) is 18.1 Å². The van der Waals surface area contributed by atoms with Crippen LogP contribution in [0.15, 0.2) is 36.7 Å². The fourth-order valence-electron chi connectivity index (χ4n) is 1.85. The van der Waals surface area contributed by atoms with Crippen LogP contribution in [0.4, 0.5) is 0 Å². The average Bonchev–Trinajstić information content (AvgIpc) is 2.46. The molecule has 1 aromatic carbocycles. The maximum atomic E-state index is 6.15. The van der Waals surface area contributed by atoms with Gasteiger partial charge in [-0.3, -0.25) is 16.3 Å². The van der Waals surface area contributed by atoms with E-state index in [4.69, 9.17) is 22.2 Å². The summed E-state index contributed by atoms with van der Waals surface area (Å²) in [5.74, 6) is 6.07. The quantitative estimate of drug-likeness (QED) is 0.645. The van der Waals surface area contributed by atoms with Crippen molar-refractivity contribution in [1.29, 1.82) is 0 Å². The van der Waals surface area contributed by atoms with Crippen LogP contribution in [0, 0.1) is 0 Å². The third kappa shape index (κ3) is 3.20. The molecule has 0 fully saturated rings. The van der Waals surface area contributed by atoms with E-state index in [1.54, 1.807) is 19.5 Å². The van der Waals surface area contributed by atoms with E-state index >= 15 is 0 Å². The van der Waals surface area contributed by atoms with Crippen LogP contribution in [0.2, 0.25) is 5.02 Å². The first kappa shape index (κ1) is 13.7. The summed E-state index contributed by atoms with van der Waals surface area (Å²) in [6.45, 7) is 0. The molecule has 0 bridgehead atoms. The zero-order valence-electron chi connectivity index (χ0n) is 10.5. The summed E-state index contributed by atoms with van der Waals surface area (Å²) in [5.41, 5.74) is 4.37. The van der Waals surface area contributed by atoms with Gasteiger partial charge < -0.3 is 4.74 Å². The highest BCUT2D eigenvalue weighted by molar-refractivity contribution is 6.31. The number of aromatic nitrogens is 2. The molecule has 0 amide bonds. The Morgan fingerprint density at radius 2 is 2.05 bits per heavy atom. The first-order valence-electron chi connectivity index (χ1n) is 5.80. The smallest absolute Gasteiger partial charge is 0.237 e. The zero-order valence-corrected chi connectivity index (χ0v) is 11.3. The van der Waals surface area contributed by atoms with Gasteiger partial charge in [0.2, 0.25) is 5.88 Å². The molecule has 1 unspecified atom stereocenters. The Labute approximate surface area is 116 Å². The van der Waals surface area contributed by atoms with Crippen molar-refractivity contribution in [3.63, 3.8) is 0 Å². The zero-order chi connectivity index (χ0) is 13.7. The van der Waals surface area contributed by atoms with Crippen LogP contribution in [-0.4, -0.2) is 17.1 Å². The first-order chi connectivity index (χ1) is 9.26. The highest BCUT2D eigenvalue weighted by Gasteiger charge is 2.18. The van der Waals surface area contributed by atoms with E-state index in [0.29, 0.717) is 23.0 Å². The molecule has 100 valence electrons. The number of benzene rings is 1. The molecule has 0 spiro atoms. The van der Waals surface area contributed by atoms with Gasteiger partial charge in [0.05, 0.1) is 13.2 Å². The molecule has 2 aromatic rings. The molecule has 0 aliphatic heterocycles. The summed E-state index contributed by atoms with van der Waals surface area (Å²) in [5, 5.41) is 0.700. The summed E-state index contributed by atoms with van der Waals surface area (Å²) in [6, 6.07) is 7.40. The Kier molecular flexibility index (Phi) is 4.68. The standard InChI is InChI=1S/C13H15ClN4O/c1-19-13-12(16-6-7-17-13)11(18-15)8-9-4-2-3-5-10(9)14/h2-7,11,18H,8,15H2,1H3. The van der Waals surface area contributed by atoms with Crippen LogP contribution >= 0.6 is 11.6 Å². The molecule has 19 heavy (non-hydrogen) atoms. The minimum Gasteiger partial charge on any atom is -0.480 e. The van der Waals surface area contributed by atoms with Crippen LogP contribution in [0.25, 0.3) is 0 Å². The van der Waals surface area contributed by atoms with Crippen molar-refractivity contribution in [2.24, 2.45) is 5.84 Å². The van der Waals surface area contributed by atoms with Crippen molar-refractivity contribution in [2.45, 2.75) is 12.5 Å². The van der Waals surface area contributed by atoms with Crippen LogP contribution in [0.5, 0.6) is 5.88 Å². The van der Waals surface area contributed by atoms with E-state index in [1.165, 1.54) is 0 Å². The molecule has 5 nitrogen and oxygen atoms in total. The van der Waals surface area contributed by atoms with Gasteiger partial charge in [-0.15, -0.1) is 0 Å². The monoisotopic (exact) mass is 278 g/mol. The second-order valence-electron chi connectivity index (χ2n) is 3.97. The maximum Gasteiger partial charge on any atom is 0.237 e. The predicted octanol–water partition coefficient (Wildman–Crippen LogP) is 1.89. The topological polar surface area (TPSA) is 73.1 Å². The third-order valence-electron chi connectivity index (χ3n) is 2.80. The number of nitrogens with two attached hydrogens (primary N) is 1. The molecular formula is C13H15ClN4O. The Morgan fingerprint density at radius 1 is 1.32 bits per heavy atom. The summed E-state index contributed by atoms with van der Waals surface area (Å²) >= 11 is 6.15. The SMILES string of the molecule is COc1nccnc1C(Cc1ccccc1Cl)NN. The van der Waals surface area contributed by atoms with Crippen molar-refractivity contribution in [2.75, 3.05) is 7.11 Å². The van der Waals surface area contributed by atoms with Gasteiger partial charge in [0.15, 0.2) is 0 Å². The van der Waals surface area contributed by atoms with Crippen LogP contribution in [0.1, 0.15) is 17.3 Å². The minimum absolute atomic E-state index is 0.219. The van der Waals surface area contributed by atoms with Crippen molar-refractivity contribution < 1.29 is 4.74 Å². The van der Waals surface area contributed by atoms with E-state index in [1.807, 2.05) is 24.3 Å². The largest absolute Gasteiger partial charge is 0.480 e. The number of nitrogens with zero attached hydrogens (tertiary/aromatic N) is 2. The predicted molar refractivity (Wildman–Crippen MR) is 73.8 cm³/mol. The van der Waals surface area contributed by atoms with Crippen molar-refractivity contribution in [1.82, 2.24) is 15.4 Å². The average molecular weight is 279 g/mol. The normalized spacial score (nSPS) is 12.2. The minimum atomic E-state index is -0.219. The fraction of sp³-hybridized carbons (Fsp3) is 0.231. The van der Waals surface area contributed by atoms with Gasteiger partial charge in [-0.25, -0.2) is 4.98 Å². The molecule has 0 aliphatic rings.